The third-order valence-corrected chi connectivity index (χ3v) is 0.496. The van der Waals surface area contributed by atoms with Gasteiger partial charge in [-0.15, -0.1) is 0 Å². The summed E-state index contributed by atoms with van der Waals surface area (Å²) in [5.74, 6) is 0. The predicted octanol–water partition coefficient (Wildman–Crippen LogP) is 0.253. The van der Waals surface area contributed by atoms with E-state index >= 15 is 0 Å². The molecule has 0 aliphatic rings. The van der Waals surface area contributed by atoms with Gasteiger partial charge in [0.15, 0.2) is 0 Å². The lowest BCUT2D eigenvalue weighted by atomic mass is 10.7. The Labute approximate surface area is 69.8 Å². The molecule has 1 rings (SSSR count). The minimum absolute atomic E-state index is 0. The molecule has 0 aliphatic carbocycles. The van der Waals surface area contributed by atoms with E-state index in [9.17, 15) is 0 Å². The number of rotatable bonds is 0. The van der Waals surface area contributed by atoms with Gasteiger partial charge in [-0.3, -0.25) is 0 Å². The van der Waals surface area contributed by atoms with Crippen LogP contribution in [0.5, 0.6) is 0 Å². The highest BCUT2D eigenvalue weighted by molar-refractivity contribution is 5.76. The molecule has 7 heavy (non-hydrogen) atoms. The molecule has 0 aliphatic heterocycles. The lowest BCUT2D eigenvalue weighted by Crippen LogP contribution is -1.38. The summed E-state index contributed by atoms with van der Waals surface area (Å²) in [5.41, 5.74) is 0. The van der Waals surface area contributed by atoms with Crippen LogP contribution in [0, 0.1) is 0 Å². The Hall–Kier alpha value is 0.579. The van der Waals surface area contributed by atoms with Crippen molar-refractivity contribution in [1.82, 2.24) is 4.98 Å². The van der Waals surface area contributed by atoms with E-state index in [1.807, 2.05) is 24.5 Å². The summed E-state index contributed by atoms with van der Waals surface area (Å²) >= 11 is 0. The van der Waals surface area contributed by atoms with Crippen molar-refractivity contribution in [2.24, 2.45) is 0 Å². The van der Waals surface area contributed by atoms with Crippen LogP contribution in [0.15, 0.2) is 24.5 Å². The molecule has 1 aromatic heterocycles. The number of H-pyrrole nitrogens is 1. The van der Waals surface area contributed by atoms with E-state index in [0.717, 1.165) is 0 Å². The molecule has 0 bridgehead atoms. The fourth-order valence-electron chi connectivity index (χ4n) is 0.278. The fraction of sp³-hybridized carbons (Fsp3) is 0. The van der Waals surface area contributed by atoms with Gasteiger partial charge in [0.2, 0.25) is 0 Å². The summed E-state index contributed by atoms with van der Waals surface area (Å²) in [6.07, 6.45) is 3.75. The topological polar surface area (TPSA) is 15.8 Å². The van der Waals surface area contributed by atoms with Gasteiger partial charge in [-0.2, -0.15) is 0 Å². The van der Waals surface area contributed by atoms with Crippen molar-refractivity contribution in [3.8, 4) is 0 Å². The zero-order valence-electron chi connectivity index (χ0n) is 4.09. The van der Waals surface area contributed by atoms with E-state index in [4.69, 9.17) is 0 Å². The molecule has 31 valence electrons. The molecule has 0 saturated heterocycles. The SMILES string of the molecule is [Al].[Mg].c1cc[nH]c1. The first-order valence-electron chi connectivity index (χ1n) is 1.58. The Bertz CT molecular complexity index is 68.2. The predicted molar refractivity (Wildman–Crippen MR) is 32.3 cm³/mol. The Morgan fingerprint density at radius 2 is 1.43 bits per heavy atom. The number of hydrogen-bond acceptors (Lipinski definition) is 0. The van der Waals surface area contributed by atoms with Crippen LogP contribution in [0.4, 0.5) is 0 Å². The van der Waals surface area contributed by atoms with Crippen LogP contribution in [0.1, 0.15) is 0 Å². The second-order valence-electron chi connectivity index (χ2n) is 0.885. The van der Waals surface area contributed by atoms with E-state index < -0.39 is 0 Å². The van der Waals surface area contributed by atoms with Crippen LogP contribution in [0.2, 0.25) is 0 Å². The maximum absolute atomic E-state index is 2.86. The second kappa shape index (κ2) is 6.58. The van der Waals surface area contributed by atoms with E-state index in [1.165, 1.54) is 0 Å². The molecular formula is C4H5AlMgN. The molecule has 1 N–H and O–H groups in total. The molecule has 3 heteroatoms. The van der Waals surface area contributed by atoms with Crippen molar-refractivity contribution < 1.29 is 0 Å². The minimum Gasteiger partial charge on any atom is -0.368 e. The van der Waals surface area contributed by atoms with Crippen LogP contribution < -0.4 is 0 Å². The van der Waals surface area contributed by atoms with Crippen LogP contribution in [0.25, 0.3) is 0 Å². The maximum atomic E-state index is 2.86. The van der Waals surface area contributed by atoms with Crippen molar-refractivity contribution in [1.29, 1.82) is 0 Å². The first-order chi connectivity index (χ1) is 2.50. The second-order valence-corrected chi connectivity index (χ2v) is 0.885. The smallest absolute Gasteiger partial charge is 0.000496 e. The maximum Gasteiger partial charge on any atom is 0.000496 e. The molecule has 1 nitrogen and oxygen atoms in total. The molecule has 0 unspecified atom stereocenters. The van der Waals surface area contributed by atoms with Crippen LogP contribution >= 0.6 is 0 Å². The number of hydrogen-bond donors (Lipinski definition) is 1. The number of aromatic nitrogens is 1. The standard InChI is InChI=1S/C4H5N.Al.Mg/c1-2-4-5-3-1;;/h1-5H;;. The molecule has 0 spiro atoms. The zero-order chi connectivity index (χ0) is 3.54. The van der Waals surface area contributed by atoms with Crippen molar-refractivity contribution >= 4 is 40.4 Å². The summed E-state index contributed by atoms with van der Waals surface area (Å²) in [4.78, 5) is 2.86. The van der Waals surface area contributed by atoms with E-state index in [1.54, 1.807) is 0 Å². The average molecular weight is 118 g/mol. The van der Waals surface area contributed by atoms with Gasteiger partial charge < -0.3 is 4.98 Å². The Kier molecular flexibility index (Phi) is 9.90. The Morgan fingerprint density at radius 1 is 1.00 bits per heavy atom. The highest BCUT2D eigenvalue weighted by atomic mass is 27.0. The lowest BCUT2D eigenvalue weighted by Gasteiger charge is -1.49. The molecule has 0 atom stereocenters. The van der Waals surface area contributed by atoms with Gasteiger partial charge >= 0.3 is 0 Å². The summed E-state index contributed by atoms with van der Waals surface area (Å²) in [6, 6.07) is 3.89. The highest BCUT2D eigenvalue weighted by Crippen LogP contribution is 1.72. The number of nitrogens with one attached hydrogen (secondary N) is 1. The molecule has 0 saturated carbocycles. The third-order valence-electron chi connectivity index (χ3n) is 0.496. The van der Waals surface area contributed by atoms with Gasteiger partial charge in [-0.25, -0.2) is 0 Å². The monoisotopic (exact) mass is 118 g/mol. The van der Waals surface area contributed by atoms with Crippen LogP contribution in [-0.2, 0) is 0 Å². The molecule has 1 heterocycles. The fourth-order valence-corrected chi connectivity index (χ4v) is 0.278. The Balaban J connectivity index is 0. The molecule has 1 aromatic rings. The average Bonchev–Trinajstić information content (AvgIpc) is 1.76. The van der Waals surface area contributed by atoms with Gasteiger partial charge in [0.05, 0.1) is 0 Å². The molecule has 5 radical (unpaired) electrons. The molecule has 0 amide bonds. The summed E-state index contributed by atoms with van der Waals surface area (Å²) in [5, 5.41) is 0. The van der Waals surface area contributed by atoms with Gasteiger partial charge in [-0.1, -0.05) is 0 Å². The van der Waals surface area contributed by atoms with Crippen molar-refractivity contribution in [3.63, 3.8) is 0 Å². The van der Waals surface area contributed by atoms with Crippen molar-refractivity contribution in [2.75, 3.05) is 0 Å². The first-order valence-corrected chi connectivity index (χ1v) is 1.58. The summed E-state index contributed by atoms with van der Waals surface area (Å²) in [6.45, 7) is 0. The van der Waals surface area contributed by atoms with Gasteiger partial charge in [0.1, 0.15) is 0 Å². The van der Waals surface area contributed by atoms with E-state index in [2.05, 4.69) is 4.98 Å². The van der Waals surface area contributed by atoms with E-state index in [-0.39, 0.29) is 40.4 Å². The number of aromatic amines is 1. The molecule has 0 fully saturated rings. The summed E-state index contributed by atoms with van der Waals surface area (Å²) < 4.78 is 0. The van der Waals surface area contributed by atoms with Gasteiger partial charge in [0.25, 0.3) is 0 Å². The van der Waals surface area contributed by atoms with Gasteiger partial charge in [-0.05, 0) is 12.1 Å². The Morgan fingerprint density at radius 3 is 1.57 bits per heavy atom. The van der Waals surface area contributed by atoms with Crippen LogP contribution in [-0.4, -0.2) is 45.4 Å². The highest BCUT2D eigenvalue weighted by Gasteiger charge is 1.55. The van der Waals surface area contributed by atoms with Crippen molar-refractivity contribution in [3.05, 3.63) is 24.5 Å². The van der Waals surface area contributed by atoms with Crippen molar-refractivity contribution in [2.45, 2.75) is 0 Å². The molecular weight excluding hydrogens is 113 g/mol. The first kappa shape index (κ1) is 10.5. The summed E-state index contributed by atoms with van der Waals surface area (Å²) in [7, 11) is 0. The zero-order valence-corrected chi connectivity index (χ0v) is 6.66. The quantitative estimate of drug-likeness (QED) is 0.470. The largest absolute Gasteiger partial charge is 0.368 e. The normalized spacial score (nSPS) is 5.71. The van der Waals surface area contributed by atoms with Gasteiger partial charge in [0, 0.05) is 52.8 Å². The molecule has 0 aromatic carbocycles. The minimum atomic E-state index is 0. The van der Waals surface area contributed by atoms with E-state index in [0.29, 0.717) is 0 Å². The third kappa shape index (κ3) is 4.43. The van der Waals surface area contributed by atoms with Crippen LogP contribution in [0.3, 0.4) is 0 Å². The lowest BCUT2D eigenvalue weighted by molar-refractivity contribution is 1.42.